The van der Waals surface area contributed by atoms with Gasteiger partial charge in [-0.25, -0.2) is 4.79 Å². The van der Waals surface area contributed by atoms with Gasteiger partial charge in [-0.15, -0.1) is 0 Å². The van der Waals surface area contributed by atoms with Crippen molar-refractivity contribution >= 4 is 6.03 Å². The average molecular weight is 336 g/mol. The molecule has 1 unspecified atom stereocenters. The Hall–Kier alpha value is -2.15. The number of benzene rings is 1. The van der Waals surface area contributed by atoms with Crippen molar-refractivity contribution in [2.75, 3.05) is 46.2 Å². The largest absolute Gasteiger partial charge is 0.492 e. The Morgan fingerprint density at radius 3 is 3.04 bits per heavy atom. The molecule has 0 saturated carbocycles. The van der Waals surface area contributed by atoms with Crippen molar-refractivity contribution in [3.05, 3.63) is 18.2 Å². The zero-order valence-corrected chi connectivity index (χ0v) is 14.0. The molecule has 2 aliphatic heterocycles. The van der Waals surface area contributed by atoms with E-state index in [0.29, 0.717) is 37.1 Å². The second-order valence-corrected chi connectivity index (χ2v) is 5.86. The monoisotopic (exact) mass is 336 g/mol. The fourth-order valence-corrected chi connectivity index (χ4v) is 2.80. The van der Waals surface area contributed by atoms with Gasteiger partial charge in [0, 0.05) is 31.7 Å². The minimum Gasteiger partial charge on any atom is -0.492 e. The lowest BCUT2D eigenvalue weighted by Crippen LogP contribution is -2.43. The normalized spacial score (nSPS) is 18.5. The average Bonchev–Trinajstić information content (AvgIpc) is 3.27. The predicted molar refractivity (Wildman–Crippen MR) is 87.6 cm³/mol. The number of nitrogens with one attached hydrogen (secondary N) is 1. The van der Waals surface area contributed by atoms with Crippen molar-refractivity contribution in [2.24, 2.45) is 5.92 Å². The molecular weight excluding hydrogens is 312 g/mol. The van der Waals surface area contributed by atoms with E-state index in [4.69, 9.17) is 18.9 Å². The maximum Gasteiger partial charge on any atom is 0.317 e. The summed E-state index contributed by atoms with van der Waals surface area (Å²) in [6.07, 6.45) is 1.02. The lowest BCUT2D eigenvalue weighted by atomic mass is 10.1. The summed E-state index contributed by atoms with van der Waals surface area (Å²) >= 11 is 0. The van der Waals surface area contributed by atoms with Crippen molar-refractivity contribution in [3.8, 4) is 17.2 Å². The van der Waals surface area contributed by atoms with Gasteiger partial charge in [0.15, 0.2) is 11.5 Å². The number of nitrogens with zero attached hydrogens (tertiary/aromatic N) is 1. The molecule has 0 aliphatic carbocycles. The first kappa shape index (κ1) is 16.7. The number of carbonyl (C=O) groups is 1. The first-order valence-electron chi connectivity index (χ1n) is 8.39. The maximum atomic E-state index is 12.2. The summed E-state index contributed by atoms with van der Waals surface area (Å²) in [7, 11) is 0. The van der Waals surface area contributed by atoms with Gasteiger partial charge in [-0.1, -0.05) is 0 Å². The van der Waals surface area contributed by atoms with Crippen LogP contribution in [0.2, 0.25) is 0 Å². The summed E-state index contributed by atoms with van der Waals surface area (Å²) in [5.41, 5.74) is 0. The Bertz CT molecular complexity index is 560. The number of rotatable bonds is 7. The molecule has 2 heterocycles. The van der Waals surface area contributed by atoms with E-state index in [1.165, 1.54) is 0 Å². The zero-order chi connectivity index (χ0) is 16.8. The van der Waals surface area contributed by atoms with Gasteiger partial charge in [-0.3, -0.25) is 0 Å². The lowest BCUT2D eigenvalue weighted by molar-refractivity contribution is 0.165. The molecule has 7 heteroatoms. The van der Waals surface area contributed by atoms with Gasteiger partial charge < -0.3 is 29.2 Å². The summed E-state index contributed by atoms with van der Waals surface area (Å²) in [6, 6.07) is 5.38. The lowest BCUT2D eigenvalue weighted by Gasteiger charge is -2.24. The van der Waals surface area contributed by atoms with Crippen LogP contribution in [0, 0.1) is 5.92 Å². The zero-order valence-electron chi connectivity index (χ0n) is 14.0. The Labute approximate surface area is 141 Å². The van der Waals surface area contributed by atoms with Gasteiger partial charge in [0.2, 0.25) is 6.79 Å². The van der Waals surface area contributed by atoms with Crippen molar-refractivity contribution in [3.63, 3.8) is 0 Å². The molecule has 7 nitrogen and oxygen atoms in total. The van der Waals surface area contributed by atoms with E-state index in [0.717, 1.165) is 31.9 Å². The third-order valence-corrected chi connectivity index (χ3v) is 4.16. The summed E-state index contributed by atoms with van der Waals surface area (Å²) in [5, 5.41) is 2.90. The van der Waals surface area contributed by atoms with Gasteiger partial charge in [0.05, 0.1) is 13.2 Å². The summed E-state index contributed by atoms with van der Waals surface area (Å²) in [5.74, 6) is 2.56. The van der Waals surface area contributed by atoms with Gasteiger partial charge >= 0.3 is 6.03 Å². The topological polar surface area (TPSA) is 69.3 Å². The second kappa shape index (κ2) is 8.10. The van der Waals surface area contributed by atoms with Crippen molar-refractivity contribution in [1.82, 2.24) is 10.2 Å². The molecule has 2 amide bonds. The van der Waals surface area contributed by atoms with Gasteiger partial charge in [-0.05, 0) is 25.5 Å². The highest BCUT2D eigenvalue weighted by Crippen LogP contribution is 2.34. The van der Waals surface area contributed by atoms with Crippen LogP contribution in [0.4, 0.5) is 4.79 Å². The first-order chi connectivity index (χ1) is 11.8. The molecule has 0 radical (unpaired) electrons. The fraction of sp³-hybridized carbons (Fsp3) is 0.588. The summed E-state index contributed by atoms with van der Waals surface area (Å²) in [6.45, 7) is 6.05. The standard InChI is InChI=1S/C17H24N2O5/c1-2-19(10-13-5-7-21-11-13)17(20)18-6-8-22-14-3-4-15-16(9-14)24-12-23-15/h3-4,9,13H,2,5-8,10-12H2,1H3,(H,18,20). The third kappa shape index (κ3) is 4.23. The molecule has 1 fully saturated rings. The molecule has 3 rings (SSSR count). The smallest absolute Gasteiger partial charge is 0.317 e. The van der Waals surface area contributed by atoms with Crippen molar-refractivity contribution < 1.29 is 23.7 Å². The van der Waals surface area contributed by atoms with Crippen LogP contribution in [0.1, 0.15) is 13.3 Å². The second-order valence-electron chi connectivity index (χ2n) is 5.86. The molecule has 0 spiro atoms. The molecule has 1 aromatic carbocycles. The Morgan fingerprint density at radius 2 is 2.25 bits per heavy atom. The van der Waals surface area contributed by atoms with Crippen LogP contribution in [-0.2, 0) is 4.74 Å². The number of hydrogen-bond donors (Lipinski definition) is 1. The van der Waals surface area contributed by atoms with Crippen LogP contribution in [-0.4, -0.2) is 57.2 Å². The molecule has 2 aliphatic rings. The van der Waals surface area contributed by atoms with Crippen LogP contribution in [0.25, 0.3) is 0 Å². The van der Waals surface area contributed by atoms with Gasteiger partial charge in [0.25, 0.3) is 0 Å². The molecule has 1 aromatic rings. The molecule has 1 saturated heterocycles. The first-order valence-corrected chi connectivity index (χ1v) is 8.39. The number of amides is 2. The molecule has 132 valence electrons. The van der Waals surface area contributed by atoms with Gasteiger partial charge in [0.1, 0.15) is 12.4 Å². The Balaban J connectivity index is 1.38. The molecule has 24 heavy (non-hydrogen) atoms. The van der Waals surface area contributed by atoms with Crippen LogP contribution in [0.3, 0.4) is 0 Å². The van der Waals surface area contributed by atoms with Crippen LogP contribution in [0.15, 0.2) is 18.2 Å². The van der Waals surface area contributed by atoms with E-state index >= 15 is 0 Å². The Kier molecular flexibility index (Phi) is 5.63. The van der Waals surface area contributed by atoms with Crippen LogP contribution >= 0.6 is 0 Å². The quantitative estimate of drug-likeness (QED) is 0.770. The van der Waals surface area contributed by atoms with E-state index in [2.05, 4.69) is 5.32 Å². The Morgan fingerprint density at radius 1 is 1.38 bits per heavy atom. The number of fused-ring (bicyclic) bond motifs is 1. The summed E-state index contributed by atoms with van der Waals surface area (Å²) < 4.78 is 21.6. The van der Waals surface area contributed by atoms with Gasteiger partial charge in [-0.2, -0.15) is 0 Å². The molecular formula is C17H24N2O5. The number of ether oxygens (including phenoxy) is 4. The minimum atomic E-state index is -0.0568. The van der Waals surface area contributed by atoms with Crippen molar-refractivity contribution in [2.45, 2.75) is 13.3 Å². The minimum absolute atomic E-state index is 0.0568. The predicted octanol–water partition coefficient (Wildman–Crippen LogP) is 1.86. The highest BCUT2D eigenvalue weighted by molar-refractivity contribution is 5.74. The highest BCUT2D eigenvalue weighted by atomic mass is 16.7. The van der Waals surface area contributed by atoms with E-state index in [9.17, 15) is 4.79 Å². The highest BCUT2D eigenvalue weighted by Gasteiger charge is 2.21. The molecule has 1 N–H and O–H groups in total. The third-order valence-electron chi connectivity index (χ3n) is 4.16. The van der Waals surface area contributed by atoms with E-state index in [1.54, 1.807) is 6.07 Å². The fourth-order valence-electron chi connectivity index (χ4n) is 2.80. The molecule has 0 bridgehead atoms. The number of hydrogen-bond acceptors (Lipinski definition) is 5. The van der Waals surface area contributed by atoms with E-state index < -0.39 is 0 Å². The SMILES string of the molecule is CCN(CC1CCOC1)C(=O)NCCOc1ccc2c(c1)OCO2. The number of urea groups is 1. The summed E-state index contributed by atoms with van der Waals surface area (Å²) in [4.78, 5) is 14.0. The van der Waals surface area contributed by atoms with Crippen molar-refractivity contribution in [1.29, 1.82) is 0 Å². The molecule has 0 aromatic heterocycles. The van der Waals surface area contributed by atoms with Crippen LogP contribution < -0.4 is 19.5 Å². The van der Waals surface area contributed by atoms with Crippen LogP contribution in [0.5, 0.6) is 17.2 Å². The van der Waals surface area contributed by atoms with E-state index in [1.807, 2.05) is 24.0 Å². The number of carbonyl (C=O) groups excluding carboxylic acids is 1. The maximum absolute atomic E-state index is 12.2. The molecule has 1 atom stereocenters. The van der Waals surface area contributed by atoms with E-state index in [-0.39, 0.29) is 12.8 Å².